The smallest absolute Gasteiger partial charge is 0.194 e. The molecule has 0 saturated carbocycles. The topological polar surface area (TPSA) is 76.4 Å². The van der Waals surface area contributed by atoms with Gasteiger partial charge in [-0.15, -0.1) is 0 Å². The average Bonchev–Trinajstić information content (AvgIpc) is 2.81. The van der Waals surface area contributed by atoms with E-state index in [0.717, 1.165) is 23.9 Å². The van der Waals surface area contributed by atoms with Crippen LogP contribution in [0.3, 0.4) is 0 Å². The van der Waals surface area contributed by atoms with Gasteiger partial charge < -0.3 is 15.5 Å². The standard InChI is InChI=1S/C14H16F2N4O/c1-3-13-19-8(2)12(21-13)7-18-14(17)20-11-6-9(15)4-5-10(11)16/h4-6H,3,7H2,1-2H3,(H3,17,18,20). The zero-order chi connectivity index (χ0) is 15.4. The summed E-state index contributed by atoms with van der Waals surface area (Å²) in [6, 6.07) is 3.05. The summed E-state index contributed by atoms with van der Waals surface area (Å²) in [5.74, 6) is 0.00843. The number of nitrogens with one attached hydrogen (secondary N) is 1. The van der Waals surface area contributed by atoms with Crippen molar-refractivity contribution in [1.29, 1.82) is 0 Å². The maximum Gasteiger partial charge on any atom is 0.194 e. The number of oxazole rings is 1. The fourth-order valence-corrected chi connectivity index (χ4v) is 1.71. The summed E-state index contributed by atoms with van der Waals surface area (Å²) in [4.78, 5) is 8.24. The molecule has 112 valence electrons. The fraction of sp³-hybridized carbons (Fsp3) is 0.286. The van der Waals surface area contributed by atoms with Gasteiger partial charge in [-0.1, -0.05) is 6.92 Å². The second kappa shape index (κ2) is 6.34. The van der Waals surface area contributed by atoms with Crippen molar-refractivity contribution < 1.29 is 13.2 Å². The van der Waals surface area contributed by atoms with E-state index in [1.165, 1.54) is 0 Å². The van der Waals surface area contributed by atoms with E-state index >= 15 is 0 Å². The molecule has 0 aliphatic heterocycles. The number of aromatic nitrogens is 1. The first-order valence-corrected chi connectivity index (χ1v) is 6.46. The van der Waals surface area contributed by atoms with Gasteiger partial charge in [-0.05, 0) is 19.1 Å². The Morgan fingerprint density at radius 3 is 2.86 bits per heavy atom. The summed E-state index contributed by atoms with van der Waals surface area (Å²) in [5, 5.41) is 2.51. The molecule has 21 heavy (non-hydrogen) atoms. The van der Waals surface area contributed by atoms with Gasteiger partial charge in [0, 0.05) is 12.5 Å². The minimum absolute atomic E-state index is 0.0339. The highest BCUT2D eigenvalue weighted by molar-refractivity contribution is 5.92. The van der Waals surface area contributed by atoms with Gasteiger partial charge >= 0.3 is 0 Å². The first-order valence-electron chi connectivity index (χ1n) is 6.46. The van der Waals surface area contributed by atoms with Crippen LogP contribution in [0.4, 0.5) is 14.5 Å². The molecular formula is C14H16F2N4O. The number of nitrogens with two attached hydrogens (primary N) is 1. The molecule has 0 amide bonds. The van der Waals surface area contributed by atoms with Gasteiger partial charge in [0.25, 0.3) is 0 Å². The van der Waals surface area contributed by atoms with Crippen LogP contribution in [0, 0.1) is 18.6 Å². The summed E-state index contributed by atoms with van der Waals surface area (Å²) in [6.45, 7) is 3.92. The maximum atomic E-state index is 13.4. The van der Waals surface area contributed by atoms with Crippen molar-refractivity contribution in [1.82, 2.24) is 4.98 Å². The Labute approximate surface area is 120 Å². The first-order chi connectivity index (χ1) is 9.99. The SMILES string of the molecule is CCc1nc(C)c(CN=C(N)Nc2cc(F)ccc2F)o1. The summed E-state index contributed by atoms with van der Waals surface area (Å²) in [7, 11) is 0. The second-order valence-corrected chi connectivity index (χ2v) is 4.42. The van der Waals surface area contributed by atoms with Gasteiger partial charge in [0.2, 0.25) is 0 Å². The van der Waals surface area contributed by atoms with Crippen LogP contribution in [-0.2, 0) is 13.0 Å². The van der Waals surface area contributed by atoms with Crippen LogP contribution in [-0.4, -0.2) is 10.9 Å². The molecule has 0 radical (unpaired) electrons. The van der Waals surface area contributed by atoms with Crippen LogP contribution in [0.5, 0.6) is 0 Å². The molecule has 7 heteroatoms. The minimum Gasteiger partial charge on any atom is -0.443 e. The highest BCUT2D eigenvalue weighted by atomic mass is 19.1. The van der Waals surface area contributed by atoms with Crippen molar-refractivity contribution in [3.63, 3.8) is 0 Å². The van der Waals surface area contributed by atoms with E-state index in [-0.39, 0.29) is 18.2 Å². The first kappa shape index (κ1) is 15.0. The van der Waals surface area contributed by atoms with Crippen molar-refractivity contribution in [2.45, 2.75) is 26.8 Å². The summed E-state index contributed by atoms with van der Waals surface area (Å²) < 4.78 is 31.9. The number of halogens is 2. The maximum absolute atomic E-state index is 13.4. The van der Waals surface area contributed by atoms with Crippen molar-refractivity contribution in [2.24, 2.45) is 10.7 Å². The zero-order valence-corrected chi connectivity index (χ0v) is 11.8. The lowest BCUT2D eigenvalue weighted by Crippen LogP contribution is -2.23. The number of aryl methyl sites for hydroxylation is 2. The Bertz CT molecular complexity index is 667. The number of nitrogens with zero attached hydrogens (tertiary/aromatic N) is 2. The lowest BCUT2D eigenvalue weighted by atomic mass is 10.3. The molecule has 1 heterocycles. The Hall–Kier alpha value is -2.44. The third-order valence-corrected chi connectivity index (χ3v) is 2.82. The van der Waals surface area contributed by atoms with E-state index in [4.69, 9.17) is 10.2 Å². The van der Waals surface area contributed by atoms with E-state index in [2.05, 4.69) is 15.3 Å². The molecule has 3 N–H and O–H groups in total. The lowest BCUT2D eigenvalue weighted by Gasteiger charge is -2.06. The Kier molecular flexibility index (Phi) is 4.52. The molecule has 0 fully saturated rings. The lowest BCUT2D eigenvalue weighted by molar-refractivity contribution is 0.461. The molecule has 0 saturated heterocycles. The van der Waals surface area contributed by atoms with E-state index in [1.807, 2.05) is 13.8 Å². The van der Waals surface area contributed by atoms with Gasteiger partial charge in [-0.2, -0.15) is 0 Å². The van der Waals surface area contributed by atoms with Crippen LogP contribution in [0.25, 0.3) is 0 Å². The predicted molar refractivity (Wildman–Crippen MR) is 75.9 cm³/mol. The van der Waals surface area contributed by atoms with E-state index < -0.39 is 11.6 Å². The zero-order valence-electron chi connectivity index (χ0n) is 11.8. The number of benzene rings is 1. The summed E-state index contributed by atoms with van der Waals surface area (Å²) in [5.41, 5.74) is 6.32. The minimum atomic E-state index is -0.612. The third-order valence-electron chi connectivity index (χ3n) is 2.82. The van der Waals surface area contributed by atoms with Crippen molar-refractivity contribution in [2.75, 3.05) is 5.32 Å². The Morgan fingerprint density at radius 1 is 1.43 bits per heavy atom. The number of hydrogen-bond donors (Lipinski definition) is 2. The average molecular weight is 294 g/mol. The third kappa shape index (κ3) is 3.77. The highest BCUT2D eigenvalue weighted by Gasteiger charge is 2.08. The Morgan fingerprint density at radius 2 is 2.19 bits per heavy atom. The van der Waals surface area contributed by atoms with E-state index in [9.17, 15) is 8.78 Å². The van der Waals surface area contributed by atoms with Crippen molar-refractivity contribution >= 4 is 11.6 Å². The van der Waals surface area contributed by atoms with Gasteiger partial charge in [-0.3, -0.25) is 0 Å². The van der Waals surface area contributed by atoms with Crippen LogP contribution in [0.2, 0.25) is 0 Å². The molecule has 1 aromatic carbocycles. The van der Waals surface area contributed by atoms with E-state index in [0.29, 0.717) is 18.1 Å². The van der Waals surface area contributed by atoms with Crippen molar-refractivity contribution in [3.8, 4) is 0 Å². The summed E-state index contributed by atoms with van der Waals surface area (Å²) in [6.07, 6.45) is 0.687. The second-order valence-electron chi connectivity index (χ2n) is 4.42. The summed E-state index contributed by atoms with van der Waals surface area (Å²) >= 11 is 0. The molecule has 2 aromatic rings. The van der Waals surface area contributed by atoms with Crippen LogP contribution in [0.15, 0.2) is 27.6 Å². The molecule has 0 unspecified atom stereocenters. The molecule has 0 aliphatic rings. The molecule has 0 spiro atoms. The van der Waals surface area contributed by atoms with E-state index in [1.54, 1.807) is 0 Å². The normalized spacial score (nSPS) is 11.7. The quantitative estimate of drug-likeness (QED) is 0.671. The van der Waals surface area contributed by atoms with Crippen LogP contribution in [0.1, 0.15) is 24.3 Å². The van der Waals surface area contributed by atoms with Gasteiger partial charge in [0.1, 0.15) is 23.9 Å². The number of anilines is 1. The molecule has 1 aromatic heterocycles. The van der Waals surface area contributed by atoms with Gasteiger partial charge in [-0.25, -0.2) is 18.8 Å². The molecular weight excluding hydrogens is 278 g/mol. The molecule has 5 nitrogen and oxygen atoms in total. The molecule has 0 aliphatic carbocycles. The monoisotopic (exact) mass is 294 g/mol. The predicted octanol–water partition coefficient (Wildman–Crippen LogP) is 2.75. The van der Waals surface area contributed by atoms with Gasteiger partial charge in [0.15, 0.2) is 11.9 Å². The Balaban J connectivity index is 2.07. The molecule has 0 bridgehead atoms. The van der Waals surface area contributed by atoms with Gasteiger partial charge in [0.05, 0.1) is 11.4 Å². The fourth-order valence-electron chi connectivity index (χ4n) is 1.71. The molecule has 0 atom stereocenters. The number of guanidine groups is 1. The largest absolute Gasteiger partial charge is 0.443 e. The van der Waals surface area contributed by atoms with Crippen LogP contribution >= 0.6 is 0 Å². The number of aliphatic imine (C=N–C) groups is 1. The molecule has 2 rings (SSSR count). The highest BCUT2D eigenvalue weighted by Crippen LogP contribution is 2.15. The van der Waals surface area contributed by atoms with Crippen molar-refractivity contribution in [3.05, 3.63) is 47.2 Å². The number of hydrogen-bond acceptors (Lipinski definition) is 3. The van der Waals surface area contributed by atoms with Crippen LogP contribution < -0.4 is 11.1 Å². The number of rotatable bonds is 4.